The number of aromatic nitrogens is 1. The van der Waals surface area contributed by atoms with Gasteiger partial charge in [0.1, 0.15) is 17.9 Å². The van der Waals surface area contributed by atoms with Crippen LogP contribution in [-0.2, 0) is 6.61 Å². The topological polar surface area (TPSA) is 109 Å². The Bertz CT molecular complexity index is 1600. The number of benzene rings is 3. The molecule has 5 rings (SSSR count). The summed E-state index contributed by atoms with van der Waals surface area (Å²) in [5.41, 5.74) is 1.58. The molecule has 0 saturated heterocycles. The summed E-state index contributed by atoms with van der Waals surface area (Å²) in [5, 5.41) is 15.7. The Kier molecular flexibility index (Phi) is 5.92. The number of ether oxygens (including phenoxy) is 1. The third-order valence-corrected chi connectivity index (χ3v) is 5.30. The van der Waals surface area contributed by atoms with E-state index in [0.29, 0.717) is 28.0 Å². The van der Waals surface area contributed by atoms with Crippen molar-refractivity contribution < 1.29 is 18.6 Å². The highest BCUT2D eigenvalue weighted by atomic mass is 16.6. The molecule has 2 aromatic heterocycles. The minimum Gasteiger partial charge on any atom is -0.478 e. The van der Waals surface area contributed by atoms with Gasteiger partial charge >= 0.3 is 0 Å². The van der Waals surface area contributed by atoms with Gasteiger partial charge in [-0.15, -0.1) is 0 Å². The van der Waals surface area contributed by atoms with Crippen molar-refractivity contribution in [2.75, 3.05) is 0 Å². The van der Waals surface area contributed by atoms with E-state index >= 15 is 0 Å². The fourth-order valence-electron chi connectivity index (χ4n) is 3.63. The number of fused-ring (bicyclic) bond motifs is 1. The van der Waals surface area contributed by atoms with Crippen LogP contribution in [0.15, 0.2) is 98.7 Å². The quantitative estimate of drug-likeness (QED) is 0.210. The van der Waals surface area contributed by atoms with Crippen LogP contribution in [0, 0.1) is 10.1 Å². The lowest BCUT2D eigenvalue weighted by Crippen LogP contribution is -2.10. The first-order chi connectivity index (χ1) is 17.1. The first-order valence-electron chi connectivity index (χ1n) is 10.7. The number of para-hydroxylation sites is 2. The van der Waals surface area contributed by atoms with Crippen molar-refractivity contribution in [1.82, 2.24) is 5.16 Å². The molecule has 0 atom stereocenters. The largest absolute Gasteiger partial charge is 0.478 e. The van der Waals surface area contributed by atoms with Crippen LogP contribution in [0.2, 0.25) is 0 Å². The van der Waals surface area contributed by atoms with Crippen molar-refractivity contribution in [1.29, 1.82) is 0 Å². The fraction of sp³-hybridized carbons (Fsp3) is 0.0370. The van der Waals surface area contributed by atoms with Crippen molar-refractivity contribution in [3.63, 3.8) is 0 Å². The van der Waals surface area contributed by atoms with E-state index in [1.807, 2.05) is 36.4 Å². The Balaban J connectivity index is 1.47. The van der Waals surface area contributed by atoms with Crippen molar-refractivity contribution in [2.45, 2.75) is 6.61 Å². The van der Waals surface area contributed by atoms with E-state index in [4.69, 9.17) is 13.7 Å². The Labute approximate surface area is 198 Å². The minimum absolute atomic E-state index is 0.0273. The lowest BCUT2D eigenvalue weighted by atomic mass is 10.1. The van der Waals surface area contributed by atoms with E-state index < -0.39 is 4.92 Å². The first-order valence-corrected chi connectivity index (χ1v) is 10.7. The minimum atomic E-state index is -0.480. The molecule has 172 valence electrons. The molecule has 5 aromatic rings. The van der Waals surface area contributed by atoms with Gasteiger partial charge in [0.2, 0.25) is 11.2 Å². The molecule has 0 unspecified atom stereocenters. The maximum absolute atomic E-state index is 13.2. The monoisotopic (exact) mass is 466 g/mol. The SMILES string of the molecule is O=c1c(OCc2cc(-c3ccccc3[N+](=O)[O-])no2)c(/C=C/c2ccccc2)oc2ccccc12. The Morgan fingerprint density at radius 2 is 1.69 bits per heavy atom. The molecule has 35 heavy (non-hydrogen) atoms. The number of hydrogen-bond donors (Lipinski definition) is 0. The average Bonchev–Trinajstić information content (AvgIpc) is 3.36. The molecule has 0 bridgehead atoms. The molecule has 0 aliphatic rings. The van der Waals surface area contributed by atoms with Gasteiger partial charge in [0.05, 0.1) is 15.9 Å². The van der Waals surface area contributed by atoms with Crippen molar-refractivity contribution in [2.24, 2.45) is 0 Å². The molecule has 8 nitrogen and oxygen atoms in total. The molecule has 0 aliphatic heterocycles. The van der Waals surface area contributed by atoms with Gasteiger partial charge in [-0.1, -0.05) is 65.8 Å². The summed E-state index contributed by atoms with van der Waals surface area (Å²) < 4.78 is 17.1. The first kappa shape index (κ1) is 21.8. The summed E-state index contributed by atoms with van der Waals surface area (Å²) in [6.07, 6.45) is 3.50. The molecule has 0 amide bonds. The van der Waals surface area contributed by atoms with Gasteiger partial charge in [0, 0.05) is 12.1 Å². The fourth-order valence-corrected chi connectivity index (χ4v) is 3.63. The second-order valence-electron chi connectivity index (χ2n) is 7.61. The van der Waals surface area contributed by atoms with Crippen LogP contribution in [0.5, 0.6) is 5.75 Å². The van der Waals surface area contributed by atoms with E-state index in [1.165, 1.54) is 6.07 Å². The summed E-state index contributed by atoms with van der Waals surface area (Å²) in [6, 6.07) is 24.3. The van der Waals surface area contributed by atoms with E-state index in [-0.39, 0.29) is 29.2 Å². The number of rotatable bonds is 7. The Morgan fingerprint density at radius 3 is 2.51 bits per heavy atom. The summed E-state index contributed by atoms with van der Waals surface area (Å²) in [7, 11) is 0. The lowest BCUT2D eigenvalue weighted by molar-refractivity contribution is -0.384. The molecule has 0 fully saturated rings. The number of nitrogens with zero attached hydrogens (tertiary/aromatic N) is 2. The van der Waals surface area contributed by atoms with E-state index in [1.54, 1.807) is 54.6 Å². The molecule has 0 radical (unpaired) electrons. The molecule has 8 heteroatoms. The zero-order chi connectivity index (χ0) is 24.2. The highest BCUT2D eigenvalue weighted by molar-refractivity contribution is 5.81. The lowest BCUT2D eigenvalue weighted by Gasteiger charge is -2.08. The summed E-state index contributed by atoms with van der Waals surface area (Å²) in [4.78, 5) is 24.0. The normalized spacial score (nSPS) is 11.2. The van der Waals surface area contributed by atoms with Gasteiger partial charge in [-0.05, 0) is 29.8 Å². The predicted molar refractivity (Wildman–Crippen MR) is 131 cm³/mol. The molecular formula is C27H18N2O6. The molecule has 2 heterocycles. The predicted octanol–water partition coefficient (Wildman–Crippen LogP) is 6.11. The van der Waals surface area contributed by atoms with Crippen LogP contribution >= 0.6 is 0 Å². The van der Waals surface area contributed by atoms with E-state index in [9.17, 15) is 14.9 Å². The zero-order valence-electron chi connectivity index (χ0n) is 18.3. The number of nitro groups is 1. The van der Waals surface area contributed by atoms with Crippen molar-refractivity contribution in [3.8, 4) is 17.0 Å². The third kappa shape index (κ3) is 4.58. The number of hydrogen-bond acceptors (Lipinski definition) is 7. The Morgan fingerprint density at radius 1 is 0.943 bits per heavy atom. The second-order valence-corrected chi connectivity index (χ2v) is 7.61. The van der Waals surface area contributed by atoms with Gasteiger partial charge in [0.15, 0.2) is 11.5 Å². The highest BCUT2D eigenvalue weighted by Gasteiger charge is 2.19. The van der Waals surface area contributed by atoms with Crippen LogP contribution in [-0.4, -0.2) is 10.1 Å². The summed E-state index contributed by atoms with van der Waals surface area (Å²) in [5.74, 6) is 0.583. The summed E-state index contributed by atoms with van der Waals surface area (Å²) >= 11 is 0. The summed E-state index contributed by atoms with van der Waals surface area (Å²) in [6.45, 7) is -0.122. The van der Waals surface area contributed by atoms with Crippen LogP contribution in [0.3, 0.4) is 0 Å². The van der Waals surface area contributed by atoms with Crippen molar-refractivity contribution in [3.05, 3.63) is 122 Å². The van der Waals surface area contributed by atoms with Crippen LogP contribution in [0.1, 0.15) is 17.1 Å². The zero-order valence-corrected chi connectivity index (χ0v) is 18.3. The van der Waals surface area contributed by atoms with Crippen LogP contribution < -0.4 is 10.2 Å². The van der Waals surface area contributed by atoms with Gasteiger partial charge < -0.3 is 13.7 Å². The standard InChI is InChI=1S/C27H18N2O6/c30-26-21-11-5-7-13-24(21)34-25(15-14-18-8-2-1-3-9-18)27(26)33-17-19-16-22(28-35-19)20-10-4-6-12-23(20)29(31)32/h1-16H,17H2/b15-14+. The smallest absolute Gasteiger partial charge is 0.278 e. The van der Waals surface area contributed by atoms with Gasteiger partial charge in [-0.25, -0.2) is 0 Å². The molecule has 3 aromatic carbocycles. The second kappa shape index (κ2) is 9.48. The number of nitro benzene ring substituents is 1. The van der Waals surface area contributed by atoms with E-state index in [0.717, 1.165) is 5.56 Å². The highest BCUT2D eigenvalue weighted by Crippen LogP contribution is 2.30. The molecule has 0 saturated carbocycles. The molecule has 0 N–H and O–H groups in total. The maximum Gasteiger partial charge on any atom is 0.278 e. The average molecular weight is 466 g/mol. The molecule has 0 spiro atoms. The van der Waals surface area contributed by atoms with Crippen molar-refractivity contribution >= 4 is 28.8 Å². The van der Waals surface area contributed by atoms with E-state index in [2.05, 4.69) is 5.16 Å². The van der Waals surface area contributed by atoms with Crippen LogP contribution in [0.4, 0.5) is 5.69 Å². The van der Waals surface area contributed by atoms with Gasteiger partial charge in [-0.3, -0.25) is 14.9 Å². The maximum atomic E-state index is 13.2. The van der Waals surface area contributed by atoms with Gasteiger partial charge in [-0.2, -0.15) is 0 Å². The molecule has 0 aliphatic carbocycles. The Hall–Kier alpha value is -4.98. The molecular weight excluding hydrogens is 448 g/mol. The van der Waals surface area contributed by atoms with Crippen LogP contribution in [0.25, 0.3) is 34.4 Å². The third-order valence-electron chi connectivity index (χ3n) is 5.30. The van der Waals surface area contributed by atoms with Gasteiger partial charge in [0.25, 0.3) is 5.69 Å².